The molecule has 1 aromatic carbocycles. The van der Waals surface area contributed by atoms with Crippen LogP contribution in [0.4, 0.5) is 8.78 Å². The van der Waals surface area contributed by atoms with E-state index in [9.17, 15) is 17.2 Å². The van der Waals surface area contributed by atoms with Gasteiger partial charge in [0.15, 0.2) is 11.6 Å². The Bertz CT molecular complexity index is 552. The summed E-state index contributed by atoms with van der Waals surface area (Å²) in [4.78, 5) is 0. The van der Waals surface area contributed by atoms with Gasteiger partial charge in [0.05, 0.1) is 0 Å². The van der Waals surface area contributed by atoms with Crippen LogP contribution >= 0.6 is 0 Å². The summed E-state index contributed by atoms with van der Waals surface area (Å²) in [5.74, 6) is -1.95. The van der Waals surface area contributed by atoms with Crippen LogP contribution in [0.3, 0.4) is 0 Å². The van der Waals surface area contributed by atoms with Crippen molar-refractivity contribution in [3.63, 3.8) is 0 Å². The Labute approximate surface area is 124 Å². The van der Waals surface area contributed by atoms with Crippen LogP contribution in [0.2, 0.25) is 0 Å². The third-order valence-electron chi connectivity index (χ3n) is 2.93. The third kappa shape index (κ3) is 6.04. The summed E-state index contributed by atoms with van der Waals surface area (Å²) in [6.07, 6.45) is 0.691. The van der Waals surface area contributed by atoms with Crippen LogP contribution < -0.4 is 10.0 Å². The first-order valence-electron chi connectivity index (χ1n) is 6.72. The van der Waals surface area contributed by atoms with E-state index in [0.717, 1.165) is 25.2 Å². The SMILES string of the molecule is CCNCCCN(C)S(=O)(=O)NCc1ccc(F)c(F)c1. The summed E-state index contributed by atoms with van der Waals surface area (Å²) in [7, 11) is -2.16. The van der Waals surface area contributed by atoms with Gasteiger partial charge in [0.1, 0.15) is 0 Å². The lowest BCUT2D eigenvalue weighted by Gasteiger charge is -2.17. The first kappa shape index (κ1) is 18.0. The summed E-state index contributed by atoms with van der Waals surface area (Å²) in [6, 6.07) is 3.29. The smallest absolute Gasteiger partial charge is 0.279 e. The van der Waals surface area contributed by atoms with E-state index < -0.39 is 21.8 Å². The minimum absolute atomic E-state index is 0.0862. The molecule has 0 amide bonds. The highest BCUT2D eigenvalue weighted by Crippen LogP contribution is 2.09. The van der Waals surface area contributed by atoms with Crippen LogP contribution in [0, 0.1) is 11.6 Å². The average molecular weight is 321 g/mol. The van der Waals surface area contributed by atoms with Gasteiger partial charge in [0.2, 0.25) is 0 Å². The van der Waals surface area contributed by atoms with Crippen LogP contribution in [0.15, 0.2) is 18.2 Å². The van der Waals surface area contributed by atoms with Gasteiger partial charge in [-0.25, -0.2) is 8.78 Å². The second kappa shape index (κ2) is 8.38. The van der Waals surface area contributed by atoms with E-state index in [1.54, 1.807) is 0 Å². The molecule has 0 saturated carbocycles. The standard InChI is InChI=1S/C13H21F2N3O2S/c1-3-16-7-4-8-18(2)21(19,20)17-10-11-5-6-12(14)13(15)9-11/h5-6,9,16-17H,3-4,7-8,10H2,1-2H3. The van der Waals surface area contributed by atoms with E-state index in [1.807, 2.05) is 6.92 Å². The molecule has 0 aromatic heterocycles. The Morgan fingerprint density at radius 1 is 1.24 bits per heavy atom. The summed E-state index contributed by atoms with van der Waals surface area (Å²) >= 11 is 0. The fourth-order valence-electron chi connectivity index (χ4n) is 1.66. The lowest BCUT2D eigenvalue weighted by molar-refractivity contribution is 0.445. The quantitative estimate of drug-likeness (QED) is 0.673. The maximum atomic E-state index is 13.0. The first-order valence-corrected chi connectivity index (χ1v) is 8.16. The minimum Gasteiger partial charge on any atom is -0.317 e. The number of benzene rings is 1. The Kier molecular flexibility index (Phi) is 7.16. The maximum absolute atomic E-state index is 13.0. The number of nitrogens with one attached hydrogen (secondary N) is 2. The fourth-order valence-corrected chi connectivity index (χ4v) is 2.60. The van der Waals surface area contributed by atoms with Crippen molar-refractivity contribution in [3.05, 3.63) is 35.4 Å². The second-order valence-corrected chi connectivity index (χ2v) is 6.47. The number of hydrogen-bond acceptors (Lipinski definition) is 3. The summed E-state index contributed by atoms with van der Waals surface area (Å²) < 4.78 is 53.2. The zero-order chi connectivity index (χ0) is 15.9. The summed E-state index contributed by atoms with van der Waals surface area (Å²) in [5.41, 5.74) is 0.360. The summed E-state index contributed by atoms with van der Waals surface area (Å²) in [6.45, 7) is 3.84. The highest BCUT2D eigenvalue weighted by molar-refractivity contribution is 7.87. The molecule has 0 aliphatic heterocycles. The van der Waals surface area contributed by atoms with E-state index >= 15 is 0 Å². The number of hydrogen-bond donors (Lipinski definition) is 2. The molecule has 120 valence electrons. The average Bonchev–Trinajstić information content (AvgIpc) is 2.44. The Morgan fingerprint density at radius 2 is 1.95 bits per heavy atom. The lowest BCUT2D eigenvalue weighted by atomic mass is 10.2. The van der Waals surface area contributed by atoms with E-state index in [4.69, 9.17) is 0 Å². The van der Waals surface area contributed by atoms with E-state index in [-0.39, 0.29) is 6.54 Å². The highest BCUT2D eigenvalue weighted by atomic mass is 32.2. The second-order valence-electron chi connectivity index (χ2n) is 4.60. The van der Waals surface area contributed by atoms with Crippen molar-refractivity contribution in [1.29, 1.82) is 0 Å². The normalized spacial score (nSPS) is 12.0. The molecule has 1 rings (SSSR count). The zero-order valence-corrected chi connectivity index (χ0v) is 13.0. The van der Waals surface area contributed by atoms with E-state index in [1.165, 1.54) is 17.4 Å². The van der Waals surface area contributed by atoms with Gasteiger partial charge in [-0.3, -0.25) is 0 Å². The van der Waals surface area contributed by atoms with Gasteiger partial charge in [-0.1, -0.05) is 13.0 Å². The Balaban J connectivity index is 2.49. The molecule has 0 aliphatic rings. The van der Waals surface area contributed by atoms with Gasteiger partial charge < -0.3 is 5.32 Å². The van der Waals surface area contributed by atoms with Crippen LogP contribution in [0.1, 0.15) is 18.9 Å². The van der Waals surface area contributed by atoms with E-state index in [0.29, 0.717) is 18.5 Å². The molecule has 0 unspecified atom stereocenters. The van der Waals surface area contributed by atoms with Crippen LogP contribution in [0.5, 0.6) is 0 Å². The van der Waals surface area contributed by atoms with Crippen molar-refractivity contribution in [3.8, 4) is 0 Å². The summed E-state index contributed by atoms with van der Waals surface area (Å²) in [5, 5.41) is 3.11. The zero-order valence-electron chi connectivity index (χ0n) is 12.2. The molecule has 8 heteroatoms. The third-order valence-corrected chi connectivity index (χ3v) is 4.44. The lowest BCUT2D eigenvalue weighted by Crippen LogP contribution is -2.39. The van der Waals surface area contributed by atoms with Crippen molar-refractivity contribution in [2.75, 3.05) is 26.7 Å². The van der Waals surface area contributed by atoms with Crippen molar-refractivity contribution in [2.45, 2.75) is 19.9 Å². The molecular formula is C13H21F2N3O2S. The van der Waals surface area contributed by atoms with E-state index in [2.05, 4.69) is 10.0 Å². The highest BCUT2D eigenvalue weighted by Gasteiger charge is 2.16. The number of rotatable bonds is 9. The molecule has 1 aromatic rings. The topological polar surface area (TPSA) is 61.4 Å². The molecule has 5 nitrogen and oxygen atoms in total. The molecule has 0 radical (unpaired) electrons. The molecule has 0 saturated heterocycles. The predicted molar refractivity (Wildman–Crippen MR) is 77.9 cm³/mol. The largest absolute Gasteiger partial charge is 0.317 e. The molecule has 0 spiro atoms. The predicted octanol–water partition coefficient (Wildman–Crippen LogP) is 1.23. The van der Waals surface area contributed by atoms with Gasteiger partial charge in [-0.15, -0.1) is 0 Å². The molecule has 0 atom stereocenters. The number of halogens is 2. The van der Waals surface area contributed by atoms with Crippen molar-refractivity contribution in [2.24, 2.45) is 0 Å². The van der Waals surface area contributed by atoms with Gasteiger partial charge in [0, 0.05) is 20.1 Å². The fraction of sp³-hybridized carbons (Fsp3) is 0.538. The molecule has 2 N–H and O–H groups in total. The molecule has 0 aliphatic carbocycles. The van der Waals surface area contributed by atoms with Crippen molar-refractivity contribution < 1.29 is 17.2 Å². The molecule has 0 bridgehead atoms. The van der Waals surface area contributed by atoms with Gasteiger partial charge in [-0.05, 0) is 37.2 Å². The maximum Gasteiger partial charge on any atom is 0.279 e. The van der Waals surface area contributed by atoms with Crippen LogP contribution in [0.25, 0.3) is 0 Å². The van der Waals surface area contributed by atoms with Crippen molar-refractivity contribution >= 4 is 10.2 Å². The van der Waals surface area contributed by atoms with Crippen molar-refractivity contribution in [1.82, 2.24) is 14.3 Å². The molecule has 0 heterocycles. The molecule has 21 heavy (non-hydrogen) atoms. The Morgan fingerprint density at radius 3 is 2.57 bits per heavy atom. The van der Waals surface area contributed by atoms with Crippen LogP contribution in [-0.4, -0.2) is 39.4 Å². The molecule has 0 fully saturated rings. The minimum atomic E-state index is -3.63. The first-order chi connectivity index (χ1) is 9.86. The molecular weight excluding hydrogens is 300 g/mol. The monoisotopic (exact) mass is 321 g/mol. The number of nitrogens with zero attached hydrogens (tertiary/aromatic N) is 1. The van der Waals surface area contributed by atoms with Gasteiger partial charge in [0.25, 0.3) is 10.2 Å². The van der Waals surface area contributed by atoms with Crippen LogP contribution in [-0.2, 0) is 16.8 Å². The Hall–Kier alpha value is -1.09. The van der Waals surface area contributed by atoms with Gasteiger partial charge >= 0.3 is 0 Å². The van der Waals surface area contributed by atoms with Gasteiger partial charge in [-0.2, -0.15) is 17.4 Å².